The van der Waals surface area contributed by atoms with Gasteiger partial charge in [-0.3, -0.25) is 0 Å². The molecule has 3 aromatic heterocycles. The van der Waals surface area contributed by atoms with Gasteiger partial charge < -0.3 is 19.6 Å². The molecule has 12 nitrogen and oxygen atoms in total. The highest BCUT2D eigenvalue weighted by molar-refractivity contribution is 6.35. The monoisotopic (exact) mass is 663 g/mol. The fourth-order valence-corrected chi connectivity index (χ4v) is 6.07. The van der Waals surface area contributed by atoms with Crippen LogP contribution >= 0.6 is 23.2 Å². The van der Waals surface area contributed by atoms with E-state index < -0.39 is 5.60 Å². The Hall–Kier alpha value is -4.39. The first-order chi connectivity index (χ1) is 22.2. The van der Waals surface area contributed by atoms with Crippen LogP contribution in [0.4, 0.5) is 11.5 Å². The highest BCUT2D eigenvalue weighted by atomic mass is 35.5. The summed E-state index contributed by atoms with van der Waals surface area (Å²) in [6.07, 6.45) is 7.04. The van der Waals surface area contributed by atoms with E-state index in [1.807, 2.05) is 50.2 Å². The number of hydrogen-bond donors (Lipinski definition) is 1. The summed E-state index contributed by atoms with van der Waals surface area (Å²) in [4.78, 5) is 25.9. The molecule has 1 fully saturated rings. The van der Waals surface area contributed by atoms with E-state index in [2.05, 4.69) is 30.0 Å². The molecule has 6 rings (SSSR count). The van der Waals surface area contributed by atoms with Crippen LogP contribution in [0, 0.1) is 0 Å². The molecule has 2 aromatic carbocycles. The van der Waals surface area contributed by atoms with Gasteiger partial charge >= 0.3 is 5.69 Å². The third kappa shape index (κ3) is 6.74. The van der Waals surface area contributed by atoms with Crippen molar-refractivity contribution < 1.29 is 9.84 Å². The molecule has 5 aromatic rings. The number of hydrogen-bond acceptors (Lipinski definition) is 9. The molecule has 0 saturated carbocycles. The zero-order valence-electron chi connectivity index (χ0n) is 25.6. The Balaban J connectivity index is 1.06. The maximum absolute atomic E-state index is 12.8. The summed E-state index contributed by atoms with van der Waals surface area (Å²) < 4.78 is 10.6. The van der Waals surface area contributed by atoms with Crippen LogP contribution in [0.2, 0.25) is 10.0 Å². The first-order valence-electron chi connectivity index (χ1n) is 15.1. The van der Waals surface area contributed by atoms with Crippen LogP contribution in [-0.2, 0) is 12.1 Å². The summed E-state index contributed by atoms with van der Waals surface area (Å²) in [5.74, 6) is 1.48. The van der Waals surface area contributed by atoms with Crippen LogP contribution in [0.1, 0.15) is 31.9 Å². The van der Waals surface area contributed by atoms with E-state index >= 15 is 0 Å². The van der Waals surface area contributed by atoms with Gasteiger partial charge in [0.1, 0.15) is 42.8 Å². The van der Waals surface area contributed by atoms with Gasteiger partial charge in [-0.1, -0.05) is 36.2 Å². The molecule has 4 heterocycles. The smallest absolute Gasteiger partial charge is 0.350 e. The summed E-state index contributed by atoms with van der Waals surface area (Å²) in [7, 11) is 0. The van der Waals surface area contributed by atoms with Crippen molar-refractivity contribution in [2.24, 2.45) is 0 Å². The fourth-order valence-electron chi connectivity index (χ4n) is 5.48. The third-order valence-corrected chi connectivity index (χ3v) is 8.87. The van der Waals surface area contributed by atoms with Crippen LogP contribution in [0.3, 0.4) is 0 Å². The minimum atomic E-state index is -1.48. The van der Waals surface area contributed by atoms with Crippen molar-refractivity contribution in [3.63, 3.8) is 0 Å². The van der Waals surface area contributed by atoms with Crippen molar-refractivity contribution >= 4 is 34.7 Å². The van der Waals surface area contributed by atoms with Crippen molar-refractivity contribution in [1.29, 1.82) is 0 Å². The van der Waals surface area contributed by atoms with E-state index in [9.17, 15) is 9.90 Å². The Kier molecular flexibility index (Phi) is 9.29. The molecule has 0 spiro atoms. The van der Waals surface area contributed by atoms with Crippen molar-refractivity contribution in [3.8, 4) is 11.4 Å². The normalized spacial score (nSPS) is 15.5. The van der Waals surface area contributed by atoms with Crippen LogP contribution < -0.4 is 20.2 Å². The van der Waals surface area contributed by atoms with E-state index in [0.717, 1.165) is 44.1 Å². The number of anilines is 2. The van der Waals surface area contributed by atoms with Gasteiger partial charge in [0.05, 0.1) is 24.5 Å². The summed E-state index contributed by atoms with van der Waals surface area (Å²) in [5.41, 5.74) is 0.605. The number of aliphatic hydroxyl groups is 1. The lowest BCUT2D eigenvalue weighted by atomic mass is 9.94. The summed E-state index contributed by atoms with van der Waals surface area (Å²) >= 11 is 12.6. The van der Waals surface area contributed by atoms with E-state index in [-0.39, 0.29) is 24.9 Å². The Labute approximate surface area is 276 Å². The van der Waals surface area contributed by atoms with Gasteiger partial charge in [0.25, 0.3) is 0 Å². The zero-order valence-corrected chi connectivity index (χ0v) is 27.1. The van der Waals surface area contributed by atoms with Gasteiger partial charge in [0.15, 0.2) is 0 Å². The molecule has 46 heavy (non-hydrogen) atoms. The van der Waals surface area contributed by atoms with Crippen LogP contribution in [0.25, 0.3) is 5.69 Å². The fraction of sp³-hybridized carbons (Fsp3) is 0.344. The second kappa shape index (κ2) is 13.5. The molecule has 0 amide bonds. The molecule has 0 aliphatic carbocycles. The number of halogens is 2. The average Bonchev–Trinajstić information content (AvgIpc) is 3.73. The first kappa shape index (κ1) is 31.6. The quantitative estimate of drug-likeness (QED) is 0.216. The predicted octanol–water partition coefficient (Wildman–Crippen LogP) is 4.59. The number of nitrogens with zero attached hydrogens (tertiary/aromatic N) is 9. The Morgan fingerprint density at radius 2 is 1.70 bits per heavy atom. The minimum Gasteiger partial charge on any atom is -0.490 e. The number of pyridine rings is 1. The van der Waals surface area contributed by atoms with Crippen molar-refractivity contribution in [1.82, 2.24) is 34.1 Å². The number of aromatic nitrogens is 7. The van der Waals surface area contributed by atoms with Gasteiger partial charge in [0, 0.05) is 47.5 Å². The molecule has 0 radical (unpaired) electrons. The largest absolute Gasteiger partial charge is 0.490 e. The molecule has 2 atom stereocenters. The Morgan fingerprint density at radius 1 is 0.957 bits per heavy atom. The molecule has 1 aliphatic rings. The molecular weight excluding hydrogens is 629 g/mol. The number of rotatable bonds is 11. The van der Waals surface area contributed by atoms with E-state index in [1.165, 1.54) is 26.6 Å². The molecule has 14 heteroatoms. The van der Waals surface area contributed by atoms with Gasteiger partial charge in [0.2, 0.25) is 0 Å². The minimum absolute atomic E-state index is 0.0387. The standard InChI is InChI=1S/C32H35Cl2N9O3/c1-3-23(2)43-31(44)42(22-38-43)26-7-11-30(36-17-26)40-14-12-39(13-15-40)25-5-8-27(9-6-25)46-19-32(45,18-41-21-35-20-37-41)28-10-4-24(33)16-29(28)34/h4-11,16-17,20-23,45H,3,12-15,18-19H2,1-2H3. The average molecular weight is 665 g/mol. The van der Waals surface area contributed by atoms with Crippen LogP contribution in [-0.4, -0.2) is 72.0 Å². The predicted molar refractivity (Wildman–Crippen MR) is 177 cm³/mol. The lowest BCUT2D eigenvalue weighted by molar-refractivity contribution is -0.0269. The van der Waals surface area contributed by atoms with Crippen molar-refractivity contribution in [2.75, 3.05) is 42.6 Å². The maximum Gasteiger partial charge on any atom is 0.350 e. The summed E-state index contributed by atoms with van der Waals surface area (Å²) in [5, 5.41) is 20.9. The Morgan fingerprint density at radius 3 is 2.35 bits per heavy atom. The zero-order chi connectivity index (χ0) is 32.3. The van der Waals surface area contributed by atoms with Crippen molar-refractivity contribution in [2.45, 2.75) is 38.5 Å². The van der Waals surface area contributed by atoms with E-state index in [1.54, 1.807) is 30.7 Å². The lowest BCUT2D eigenvalue weighted by Crippen LogP contribution is -2.46. The molecule has 1 saturated heterocycles. The number of ether oxygens (including phenoxy) is 1. The van der Waals surface area contributed by atoms with Gasteiger partial charge in [-0.25, -0.2) is 28.7 Å². The van der Waals surface area contributed by atoms with Gasteiger partial charge in [-0.2, -0.15) is 10.2 Å². The number of benzene rings is 2. The molecule has 240 valence electrons. The molecule has 2 unspecified atom stereocenters. The highest BCUT2D eigenvalue weighted by Crippen LogP contribution is 2.33. The SMILES string of the molecule is CCC(C)n1ncn(-c2ccc(N3CCN(c4ccc(OCC(O)(Cn5cncn5)c5ccc(Cl)cc5Cl)cc4)CC3)nc2)c1=O. The van der Waals surface area contributed by atoms with E-state index in [0.29, 0.717) is 27.0 Å². The van der Waals surface area contributed by atoms with Crippen LogP contribution in [0.15, 0.2) is 84.6 Å². The highest BCUT2D eigenvalue weighted by Gasteiger charge is 2.34. The van der Waals surface area contributed by atoms with E-state index in [4.69, 9.17) is 27.9 Å². The third-order valence-electron chi connectivity index (χ3n) is 8.32. The Bertz CT molecular complexity index is 1800. The molecule has 0 bridgehead atoms. The number of piperazine rings is 1. The van der Waals surface area contributed by atoms with Gasteiger partial charge in [-0.15, -0.1) is 0 Å². The molecule has 1 aliphatic heterocycles. The van der Waals surface area contributed by atoms with Crippen molar-refractivity contribution in [3.05, 3.63) is 106 Å². The van der Waals surface area contributed by atoms with Crippen LogP contribution in [0.5, 0.6) is 5.75 Å². The molecular formula is C32H35Cl2N9O3. The second-order valence-corrected chi connectivity index (χ2v) is 12.2. The summed E-state index contributed by atoms with van der Waals surface area (Å²) in [6, 6.07) is 16.7. The second-order valence-electron chi connectivity index (χ2n) is 11.4. The topological polar surface area (TPSA) is 119 Å². The first-order valence-corrected chi connectivity index (χ1v) is 15.9. The summed E-state index contributed by atoms with van der Waals surface area (Å²) in [6.45, 7) is 7.27. The maximum atomic E-state index is 12.8. The lowest BCUT2D eigenvalue weighted by Gasteiger charge is -2.36. The molecule has 1 N–H and O–H groups in total. The van der Waals surface area contributed by atoms with Gasteiger partial charge in [-0.05, 0) is 61.9 Å².